The molecule has 0 radical (unpaired) electrons. The summed E-state index contributed by atoms with van der Waals surface area (Å²) < 4.78 is 1.97. The number of hydrogen-bond donors (Lipinski definition) is 1. The molecule has 0 saturated carbocycles. The first-order chi connectivity index (χ1) is 8.17. The van der Waals surface area contributed by atoms with Crippen molar-refractivity contribution in [2.24, 2.45) is 5.41 Å². The van der Waals surface area contributed by atoms with Crippen molar-refractivity contribution >= 4 is 22.1 Å². The fourth-order valence-corrected chi connectivity index (χ4v) is 3.01. The second kappa shape index (κ2) is 3.92. The number of imidazole rings is 1. The third-order valence-corrected chi connectivity index (χ3v) is 4.30. The molecule has 3 heterocycles. The SMILES string of the molecule is CC1(C(=O)Cc2cn3ccsc3n2)CCNC1. The number of nitrogens with zero attached hydrogens (tertiary/aromatic N) is 2. The van der Waals surface area contributed by atoms with E-state index in [9.17, 15) is 4.79 Å². The van der Waals surface area contributed by atoms with Crippen molar-refractivity contribution in [1.82, 2.24) is 14.7 Å². The summed E-state index contributed by atoms with van der Waals surface area (Å²) in [6, 6.07) is 0. The fraction of sp³-hybridized carbons (Fsp3) is 0.500. The maximum Gasteiger partial charge on any atom is 0.193 e. The van der Waals surface area contributed by atoms with E-state index >= 15 is 0 Å². The molecule has 1 aliphatic heterocycles. The maximum atomic E-state index is 12.2. The van der Waals surface area contributed by atoms with Gasteiger partial charge in [0.1, 0.15) is 5.78 Å². The van der Waals surface area contributed by atoms with E-state index in [4.69, 9.17) is 0 Å². The predicted molar refractivity (Wildman–Crippen MR) is 67.4 cm³/mol. The summed E-state index contributed by atoms with van der Waals surface area (Å²) in [6.45, 7) is 3.79. The van der Waals surface area contributed by atoms with Gasteiger partial charge in [-0.2, -0.15) is 0 Å². The quantitative estimate of drug-likeness (QED) is 0.897. The Labute approximate surface area is 104 Å². The molecule has 17 heavy (non-hydrogen) atoms. The Morgan fingerprint density at radius 1 is 1.71 bits per heavy atom. The Bertz CT molecular complexity index is 522. The molecule has 90 valence electrons. The van der Waals surface area contributed by atoms with Crippen LogP contribution >= 0.6 is 11.3 Å². The molecule has 0 aromatic carbocycles. The van der Waals surface area contributed by atoms with Gasteiger partial charge in [-0.15, -0.1) is 11.3 Å². The van der Waals surface area contributed by atoms with Crippen molar-refractivity contribution in [3.05, 3.63) is 23.5 Å². The largest absolute Gasteiger partial charge is 0.316 e. The van der Waals surface area contributed by atoms with Crippen LogP contribution in [0.25, 0.3) is 4.96 Å². The molecule has 0 aliphatic carbocycles. The highest BCUT2D eigenvalue weighted by Crippen LogP contribution is 2.27. The Kier molecular flexibility index (Phi) is 2.52. The minimum atomic E-state index is -0.197. The minimum absolute atomic E-state index is 0.197. The van der Waals surface area contributed by atoms with E-state index in [1.165, 1.54) is 0 Å². The van der Waals surface area contributed by atoms with Gasteiger partial charge in [-0.05, 0) is 13.0 Å². The zero-order chi connectivity index (χ0) is 11.9. The number of aromatic nitrogens is 2. The number of nitrogens with one attached hydrogen (secondary N) is 1. The van der Waals surface area contributed by atoms with Gasteiger partial charge in [0.2, 0.25) is 0 Å². The van der Waals surface area contributed by atoms with Gasteiger partial charge < -0.3 is 5.32 Å². The first kappa shape index (κ1) is 10.9. The van der Waals surface area contributed by atoms with Gasteiger partial charge >= 0.3 is 0 Å². The van der Waals surface area contributed by atoms with E-state index in [0.717, 1.165) is 30.2 Å². The lowest BCUT2D eigenvalue weighted by Crippen LogP contribution is -2.31. The first-order valence-corrected chi connectivity index (χ1v) is 6.70. The van der Waals surface area contributed by atoms with E-state index in [-0.39, 0.29) is 5.41 Å². The molecule has 3 rings (SSSR count). The van der Waals surface area contributed by atoms with Crippen LogP contribution < -0.4 is 5.32 Å². The molecule has 2 aromatic heterocycles. The van der Waals surface area contributed by atoms with Crippen LogP contribution in [0.15, 0.2) is 17.8 Å². The van der Waals surface area contributed by atoms with Crippen LogP contribution in [0.4, 0.5) is 0 Å². The van der Waals surface area contributed by atoms with E-state index < -0.39 is 0 Å². The second-order valence-corrected chi connectivity index (χ2v) is 5.79. The molecule has 4 nitrogen and oxygen atoms in total. The van der Waals surface area contributed by atoms with Crippen LogP contribution in [-0.4, -0.2) is 28.3 Å². The summed E-state index contributed by atoms with van der Waals surface area (Å²) in [4.78, 5) is 17.7. The van der Waals surface area contributed by atoms with Gasteiger partial charge in [0, 0.05) is 29.7 Å². The number of rotatable bonds is 3. The predicted octanol–water partition coefficient (Wildman–Crippen LogP) is 1.51. The number of hydrogen-bond acceptors (Lipinski definition) is 4. The van der Waals surface area contributed by atoms with Gasteiger partial charge in [0.05, 0.1) is 12.1 Å². The third-order valence-electron chi connectivity index (χ3n) is 3.53. The number of carbonyl (C=O) groups excluding carboxylic acids is 1. The lowest BCUT2D eigenvalue weighted by molar-refractivity contribution is -0.126. The van der Waals surface area contributed by atoms with E-state index in [1.807, 2.05) is 29.1 Å². The van der Waals surface area contributed by atoms with Crippen molar-refractivity contribution in [3.63, 3.8) is 0 Å². The fourth-order valence-electron chi connectivity index (χ4n) is 2.29. The van der Waals surface area contributed by atoms with Crippen LogP contribution in [0.1, 0.15) is 19.0 Å². The maximum absolute atomic E-state index is 12.2. The Morgan fingerprint density at radius 2 is 2.59 bits per heavy atom. The topological polar surface area (TPSA) is 46.4 Å². The highest BCUT2D eigenvalue weighted by Gasteiger charge is 2.35. The van der Waals surface area contributed by atoms with Gasteiger partial charge in [0.25, 0.3) is 0 Å². The summed E-state index contributed by atoms with van der Waals surface area (Å²) in [5, 5.41) is 5.25. The molecule has 1 unspecified atom stereocenters. The summed E-state index contributed by atoms with van der Waals surface area (Å²) in [5.41, 5.74) is 0.687. The molecule has 0 amide bonds. The van der Waals surface area contributed by atoms with Crippen LogP contribution in [0.3, 0.4) is 0 Å². The molecule has 1 atom stereocenters. The summed E-state index contributed by atoms with van der Waals surface area (Å²) in [6.07, 6.45) is 5.32. The van der Waals surface area contributed by atoms with Gasteiger partial charge in [0.15, 0.2) is 4.96 Å². The van der Waals surface area contributed by atoms with E-state index in [1.54, 1.807) is 11.3 Å². The monoisotopic (exact) mass is 249 g/mol. The molecule has 2 aromatic rings. The Morgan fingerprint density at radius 3 is 3.29 bits per heavy atom. The second-order valence-electron chi connectivity index (χ2n) is 4.91. The Balaban J connectivity index is 1.78. The number of thiazole rings is 1. The smallest absolute Gasteiger partial charge is 0.193 e. The molecule has 1 saturated heterocycles. The van der Waals surface area contributed by atoms with Crippen molar-refractivity contribution in [2.75, 3.05) is 13.1 Å². The molecule has 1 fully saturated rings. The first-order valence-electron chi connectivity index (χ1n) is 5.82. The van der Waals surface area contributed by atoms with Gasteiger partial charge in [-0.25, -0.2) is 4.98 Å². The number of ketones is 1. The summed E-state index contributed by atoms with van der Waals surface area (Å²) in [5.74, 6) is 0.299. The molecule has 1 aliphatic rings. The zero-order valence-corrected chi connectivity index (χ0v) is 10.6. The number of Topliss-reactive ketones (excluding diaryl/α,β-unsaturated/α-hetero) is 1. The molecular weight excluding hydrogens is 234 g/mol. The lowest BCUT2D eigenvalue weighted by Gasteiger charge is -2.19. The van der Waals surface area contributed by atoms with Crippen molar-refractivity contribution < 1.29 is 4.79 Å². The van der Waals surface area contributed by atoms with Crippen LogP contribution in [0.2, 0.25) is 0 Å². The van der Waals surface area contributed by atoms with Gasteiger partial charge in [-0.3, -0.25) is 9.20 Å². The molecule has 0 spiro atoms. The minimum Gasteiger partial charge on any atom is -0.316 e. The molecule has 5 heteroatoms. The van der Waals surface area contributed by atoms with E-state index in [0.29, 0.717) is 12.2 Å². The van der Waals surface area contributed by atoms with Crippen LogP contribution in [0, 0.1) is 5.41 Å². The number of carbonyl (C=O) groups is 1. The normalized spacial score (nSPS) is 24.5. The molecular formula is C12H15N3OS. The number of fused-ring (bicyclic) bond motifs is 1. The average molecular weight is 249 g/mol. The summed E-state index contributed by atoms with van der Waals surface area (Å²) >= 11 is 1.59. The van der Waals surface area contributed by atoms with E-state index in [2.05, 4.69) is 10.3 Å². The van der Waals surface area contributed by atoms with Crippen molar-refractivity contribution in [2.45, 2.75) is 19.8 Å². The van der Waals surface area contributed by atoms with Crippen molar-refractivity contribution in [1.29, 1.82) is 0 Å². The Hall–Kier alpha value is -1.20. The van der Waals surface area contributed by atoms with Crippen LogP contribution in [0.5, 0.6) is 0 Å². The standard InChI is InChI=1S/C12H15N3OS/c1-12(2-3-13-8-12)10(16)6-9-7-15-4-5-17-11(15)14-9/h4-5,7,13H,2-3,6,8H2,1H3. The summed E-state index contributed by atoms with van der Waals surface area (Å²) in [7, 11) is 0. The highest BCUT2D eigenvalue weighted by molar-refractivity contribution is 7.15. The molecule has 1 N–H and O–H groups in total. The lowest BCUT2D eigenvalue weighted by atomic mass is 9.83. The van der Waals surface area contributed by atoms with Crippen molar-refractivity contribution in [3.8, 4) is 0 Å². The highest BCUT2D eigenvalue weighted by atomic mass is 32.1. The average Bonchev–Trinajstić information content (AvgIpc) is 2.93. The van der Waals surface area contributed by atoms with Crippen LogP contribution in [-0.2, 0) is 11.2 Å². The zero-order valence-electron chi connectivity index (χ0n) is 9.77. The molecule has 0 bridgehead atoms. The van der Waals surface area contributed by atoms with Gasteiger partial charge in [-0.1, -0.05) is 6.92 Å². The third kappa shape index (κ3) is 1.89.